The fraction of sp³-hybridized carbons (Fsp3) is 0.433. The Morgan fingerprint density at radius 2 is 1.72 bits per heavy atom. The number of likely N-dealkylation sites (tertiary alicyclic amines) is 1. The molecule has 0 spiro atoms. The van der Waals surface area contributed by atoms with Gasteiger partial charge in [0.05, 0.1) is 37.1 Å². The van der Waals surface area contributed by atoms with Gasteiger partial charge in [0, 0.05) is 36.6 Å². The average molecular weight is 631 g/mol. The van der Waals surface area contributed by atoms with Crippen molar-refractivity contribution < 1.29 is 27.6 Å². The highest BCUT2D eigenvalue weighted by atomic mass is 32.2. The lowest BCUT2D eigenvalue weighted by molar-refractivity contribution is -0.384. The number of non-ortho nitro benzene ring substituents is 1. The first-order valence-corrected chi connectivity index (χ1v) is 16.4. The fourth-order valence-electron chi connectivity index (χ4n) is 5.01. The van der Waals surface area contributed by atoms with E-state index in [1.54, 1.807) is 30.5 Å². The van der Waals surface area contributed by atoms with Crippen molar-refractivity contribution in [2.45, 2.75) is 37.6 Å². The van der Waals surface area contributed by atoms with Gasteiger partial charge in [-0.3, -0.25) is 14.9 Å². The number of nitro groups is 1. The third kappa shape index (κ3) is 8.31. The van der Waals surface area contributed by atoms with Gasteiger partial charge in [-0.25, -0.2) is 8.42 Å². The number of hydrogen-bond donors (Lipinski definition) is 0. The molecule has 232 valence electrons. The van der Waals surface area contributed by atoms with E-state index < -0.39 is 14.9 Å². The number of sulfonamides is 1. The molecule has 0 aliphatic carbocycles. The Bertz CT molecular complexity index is 1500. The van der Waals surface area contributed by atoms with E-state index in [4.69, 9.17) is 9.47 Å². The van der Waals surface area contributed by atoms with Gasteiger partial charge in [0.2, 0.25) is 15.9 Å². The number of thiophene rings is 1. The summed E-state index contributed by atoms with van der Waals surface area (Å²) in [4.78, 5) is 29.3. The van der Waals surface area contributed by atoms with Crippen molar-refractivity contribution in [3.8, 4) is 11.5 Å². The second-order valence-corrected chi connectivity index (χ2v) is 13.4. The van der Waals surface area contributed by atoms with Crippen LogP contribution in [0.2, 0.25) is 0 Å². The minimum Gasteiger partial charge on any atom is -0.493 e. The zero-order chi connectivity index (χ0) is 31.0. The molecule has 3 aromatic rings. The van der Waals surface area contributed by atoms with Crippen LogP contribution < -0.4 is 9.47 Å². The first kappa shape index (κ1) is 32.4. The Labute approximate surface area is 256 Å². The zero-order valence-electron chi connectivity index (χ0n) is 24.7. The van der Waals surface area contributed by atoms with Crippen molar-refractivity contribution in [3.63, 3.8) is 0 Å². The summed E-state index contributed by atoms with van der Waals surface area (Å²) in [6.45, 7) is 4.76. The lowest BCUT2D eigenvalue weighted by atomic mass is 10.1. The maximum Gasteiger partial charge on any atom is 0.269 e. The van der Waals surface area contributed by atoms with Gasteiger partial charge in [0.15, 0.2) is 11.5 Å². The van der Waals surface area contributed by atoms with Crippen molar-refractivity contribution in [1.82, 2.24) is 14.1 Å². The van der Waals surface area contributed by atoms with E-state index in [-0.39, 0.29) is 29.6 Å². The Kier molecular flexibility index (Phi) is 11.1. The molecule has 13 heteroatoms. The highest BCUT2D eigenvalue weighted by Crippen LogP contribution is 2.28. The molecule has 0 radical (unpaired) electrons. The molecule has 1 aromatic heterocycles. The number of benzene rings is 2. The van der Waals surface area contributed by atoms with Gasteiger partial charge in [-0.15, -0.1) is 11.3 Å². The molecule has 43 heavy (non-hydrogen) atoms. The van der Waals surface area contributed by atoms with Crippen LogP contribution in [-0.2, 0) is 27.8 Å². The van der Waals surface area contributed by atoms with Gasteiger partial charge in [-0.05, 0) is 86.1 Å². The summed E-state index contributed by atoms with van der Waals surface area (Å²) in [7, 11) is -0.970. The van der Waals surface area contributed by atoms with E-state index in [0.717, 1.165) is 41.9 Å². The predicted octanol–water partition coefficient (Wildman–Crippen LogP) is 4.34. The van der Waals surface area contributed by atoms with Crippen LogP contribution in [0.15, 0.2) is 58.8 Å². The van der Waals surface area contributed by atoms with Gasteiger partial charge in [0.1, 0.15) is 0 Å². The molecule has 0 N–H and O–H groups in total. The van der Waals surface area contributed by atoms with Crippen LogP contribution in [-0.4, -0.2) is 86.8 Å². The maximum atomic E-state index is 13.9. The lowest BCUT2D eigenvalue weighted by Gasteiger charge is -2.28. The molecule has 0 bridgehead atoms. The number of rotatable bonds is 15. The quantitative estimate of drug-likeness (QED) is 0.180. The van der Waals surface area contributed by atoms with Crippen LogP contribution >= 0.6 is 11.3 Å². The number of aryl methyl sites for hydroxylation is 1. The number of nitro benzene ring substituents is 1. The molecule has 0 atom stereocenters. The highest BCUT2D eigenvalue weighted by molar-refractivity contribution is 7.89. The molecule has 1 aliphatic heterocycles. The molecule has 1 aliphatic rings. The second kappa shape index (κ2) is 14.8. The van der Waals surface area contributed by atoms with Crippen molar-refractivity contribution in [2.24, 2.45) is 0 Å². The normalized spacial score (nSPS) is 13.8. The number of ether oxygens (including phenoxy) is 2. The van der Waals surface area contributed by atoms with Crippen molar-refractivity contribution in [3.05, 3.63) is 80.0 Å². The van der Waals surface area contributed by atoms with E-state index in [9.17, 15) is 23.3 Å². The van der Waals surface area contributed by atoms with Gasteiger partial charge in [0.25, 0.3) is 5.69 Å². The van der Waals surface area contributed by atoms with Crippen LogP contribution in [0.4, 0.5) is 5.69 Å². The van der Waals surface area contributed by atoms with Crippen molar-refractivity contribution in [2.75, 3.05) is 53.5 Å². The molecule has 1 fully saturated rings. The molecule has 0 saturated carbocycles. The first-order valence-electron chi connectivity index (χ1n) is 14.1. The standard InChI is InChI=1S/C30H38N4O7S2/c1-23-13-19-42-29(23)21-32(16-12-24-6-11-27(40-2)28(20-24)41-3)30(35)22-33(18-17-31-14-4-5-15-31)43(38,39)26-9-7-25(8-10-26)34(36)37/h6-11,13,19-20H,4-5,12,14-18,21-22H2,1-3H3. The summed E-state index contributed by atoms with van der Waals surface area (Å²) in [5, 5.41) is 13.1. The summed E-state index contributed by atoms with van der Waals surface area (Å²) < 4.78 is 39.6. The van der Waals surface area contributed by atoms with Crippen LogP contribution in [0, 0.1) is 17.0 Å². The number of carbonyl (C=O) groups is 1. The van der Waals surface area contributed by atoms with E-state index in [2.05, 4.69) is 4.90 Å². The van der Waals surface area contributed by atoms with Crippen molar-refractivity contribution >= 4 is 33.0 Å². The third-order valence-corrected chi connectivity index (χ3v) is 10.5. The SMILES string of the molecule is COc1ccc(CCN(Cc2sccc2C)C(=O)CN(CCN2CCCC2)S(=O)(=O)c2ccc([N+](=O)[O-])cc2)cc1OC. The van der Waals surface area contributed by atoms with E-state index in [0.29, 0.717) is 37.6 Å². The minimum absolute atomic E-state index is 0.0849. The third-order valence-electron chi connectivity index (χ3n) is 7.63. The number of amides is 1. The predicted molar refractivity (Wildman–Crippen MR) is 165 cm³/mol. The smallest absolute Gasteiger partial charge is 0.269 e. The van der Waals surface area contributed by atoms with Crippen LogP contribution in [0.3, 0.4) is 0 Å². The Balaban J connectivity index is 1.58. The minimum atomic E-state index is -4.11. The number of hydrogen-bond acceptors (Lipinski definition) is 9. The van der Waals surface area contributed by atoms with Gasteiger partial charge >= 0.3 is 0 Å². The summed E-state index contributed by atoms with van der Waals surface area (Å²) in [5.74, 6) is 0.882. The monoisotopic (exact) mass is 630 g/mol. The Hall–Kier alpha value is -3.52. The van der Waals surface area contributed by atoms with Crippen molar-refractivity contribution in [1.29, 1.82) is 0 Å². The summed E-state index contributed by atoms with van der Waals surface area (Å²) in [5.41, 5.74) is 1.81. The number of methoxy groups -OCH3 is 2. The van der Waals surface area contributed by atoms with E-state index in [1.807, 2.05) is 36.6 Å². The molecule has 2 heterocycles. The van der Waals surface area contributed by atoms with Crippen LogP contribution in [0.25, 0.3) is 0 Å². The Morgan fingerprint density at radius 1 is 1.02 bits per heavy atom. The van der Waals surface area contributed by atoms with E-state index in [1.165, 1.54) is 28.6 Å². The summed E-state index contributed by atoms with van der Waals surface area (Å²) >= 11 is 1.56. The number of nitrogens with zero attached hydrogens (tertiary/aromatic N) is 4. The molecular formula is C30H38N4O7S2. The topological polar surface area (TPSA) is 123 Å². The summed E-state index contributed by atoms with van der Waals surface area (Å²) in [6.07, 6.45) is 2.63. The van der Waals surface area contributed by atoms with E-state index >= 15 is 0 Å². The number of carbonyl (C=O) groups excluding carboxylic acids is 1. The molecule has 11 nitrogen and oxygen atoms in total. The summed E-state index contributed by atoms with van der Waals surface area (Å²) in [6, 6.07) is 12.4. The molecule has 1 amide bonds. The highest BCUT2D eigenvalue weighted by Gasteiger charge is 2.30. The van der Waals surface area contributed by atoms with Gasteiger partial charge < -0.3 is 19.3 Å². The van der Waals surface area contributed by atoms with Crippen LogP contribution in [0.1, 0.15) is 28.8 Å². The first-order chi connectivity index (χ1) is 20.6. The van der Waals surface area contributed by atoms with Crippen LogP contribution in [0.5, 0.6) is 11.5 Å². The molecule has 1 saturated heterocycles. The largest absolute Gasteiger partial charge is 0.493 e. The second-order valence-electron chi connectivity index (χ2n) is 10.4. The molecule has 0 unspecified atom stereocenters. The maximum absolute atomic E-state index is 13.9. The average Bonchev–Trinajstić information content (AvgIpc) is 3.68. The zero-order valence-corrected chi connectivity index (χ0v) is 26.4. The molecule has 4 rings (SSSR count). The molecular weight excluding hydrogens is 592 g/mol. The lowest BCUT2D eigenvalue weighted by Crippen LogP contribution is -2.45. The van der Waals surface area contributed by atoms with Gasteiger partial charge in [-0.1, -0.05) is 6.07 Å². The fourth-order valence-corrected chi connectivity index (χ4v) is 7.32. The Morgan fingerprint density at radius 3 is 2.33 bits per heavy atom. The molecule has 2 aromatic carbocycles. The van der Waals surface area contributed by atoms with Gasteiger partial charge in [-0.2, -0.15) is 4.31 Å².